The van der Waals surface area contributed by atoms with Crippen molar-refractivity contribution in [2.45, 2.75) is 6.61 Å². The molecule has 1 amide bonds. The molecule has 3 rings (SSSR count). The number of benzene rings is 3. The van der Waals surface area contributed by atoms with Gasteiger partial charge in [0.05, 0.1) is 18.1 Å². The first-order valence-electron chi connectivity index (χ1n) is 9.62. The van der Waals surface area contributed by atoms with Crippen LogP contribution in [0.1, 0.15) is 11.1 Å². The van der Waals surface area contributed by atoms with Crippen molar-refractivity contribution in [2.24, 2.45) is 0 Å². The molecule has 1 N–H and O–H groups in total. The molecule has 166 valence electrons. The fourth-order valence-corrected chi connectivity index (χ4v) is 3.07. The summed E-state index contributed by atoms with van der Waals surface area (Å²) in [5, 5.41) is 23.7. The molecule has 3 aromatic rings. The molecule has 0 atom stereocenters. The van der Waals surface area contributed by atoms with Crippen molar-refractivity contribution < 1.29 is 19.2 Å². The lowest BCUT2D eigenvalue weighted by Crippen LogP contribution is -2.14. The van der Waals surface area contributed by atoms with Gasteiger partial charge in [0, 0.05) is 5.02 Å². The van der Waals surface area contributed by atoms with Crippen LogP contribution < -0.4 is 14.8 Å². The van der Waals surface area contributed by atoms with Gasteiger partial charge < -0.3 is 14.8 Å². The van der Waals surface area contributed by atoms with Gasteiger partial charge in [0.1, 0.15) is 35.4 Å². The number of ether oxygens (including phenoxy) is 2. The standard InChI is InChI=1S/C24H18ClN3O5/c1-32-21-9-10-22(23(13-21)28(30)31)27-24(29)18(14-26)11-16-5-7-20(8-6-16)33-15-17-3-2-4-19(25)12-17/h2-13H,15H2,1H3,(H,27,29)/b18-11+. The lowest BCUT2D eigenvalue weighted by Gasteiger charge is -2.08. The minimum atomic E-state index is -0.771. The molecule has 0 heterocycles. The summed E-state index contributed by atoms with van der Waals surface area (Å²) < 4.78 is 10.7. The van der Waals surface area contributed by atoms with Crippen molar-refractivity contribution in [2.75, 3.05) is 12.4 Å². The smallest absolute Gasteiger partial charge is 0.296 e. The van der Waals surface area contributed by atoms with Crippen molar-refractivity contribution in [1.82, 2.24) is 0 Å². The van der Waals surface area contributed by atoms with Crippen LogP contribution in [0.4, 0.5) is 11.4 Å². The highest BCUT2D eigenvalue weighted by atomic mass is 35.5. The summed E-state index contributed by atoms with van der Waals surface area (Å²) in [5.74, 6) is 0.101. The van der Waals surface area contributed by atoms with Gasteiger partial charge in [0.15, 0.2) is 0 Å². The zero-order valence-corrected chi connectivity index (χ0v) is 18.2. The lowest BCUT2D eigenvalue weighted by atomic mass is 10.1. The zero-order valence-electron chi connectivity index (χ0n) is 17.4. The van der Waals surface area contributed by atoms with E-state index in [1.807, 2.05) is 24.3 Å². The van der Waals surface area contributed by atoms with Crippen LogP contribution >= 0.6 is 11.6 Å². The van der Waals surface area contributed by atoms with Crippen LogP contribution in [0.25, 0.3) is 6.08 Å². The topological polar surface area (TPSA) is 114 Å². The fraction of sp³-hybridized carbons (Fsp3) is 0.0833. The number of nitrogens with zero attached hydrogens (tertiary/aromatic N) is 2. The van der Waals surface area contributed by atoms with E-state index in [0.29, 0.717) is 22.9 Å². The predicted octanol–water partition coefficient (Wildman–Crippen LogP) is 5.38. The number of nitro benzene ring substituents is 1. The molecule has 0 aliphatic rings. The summed E-state index contributed by atoms with van der Waals surface area (Å²) in [6.45, 7) is 0.336. The van der Waals surface area contributed by atoms with E-state index in [-0.39, 0.29) is 22.7 Å². The number of anilines is 1. The van der Waals surface area contributed by atoms with E-state index >= 15 is 0 Å². The number of halogens is 1. The van der Waals surface area contributed by atoms with Gasteiger partial charge in [-0.15, -0.1) is 0 Å². The predicted molar refractivity (Wildman–Crippen MR) is 124 cm³/mol. The number of methoxy groups -OCH3 is 1. The molecule has 8 nitrogen and oxygen atoms in total. The molecule has 0 saturated carbocycles. The highest BCUT2D eigenvalue weighted by Gasteiger charge is 2.19. The molecule has 0 spiro atoms. The summed E-state index contributed by atoms with van der Waals surface area (Å²) in [5.41, 5.74) is 0.897. The van der Waals surface area contributed by atoms with Crippen molar-refractivity contribution in [3.63, 3.8) is 0 Å². The van der Waals surface area contributed by atoms with Crippen LogP contribution in [0.2, 0.25) is 5.02 Å². The first-order valence-corrected chi connectivity index (χ1v) is 10.0. The van der Waals surface area contributed by atoms with Gasteiger partial charge >= 0.3 is 0 Å². The summed E-state index contributed by atoms with van der Waals surface area (Å²) in [6.07, 6.45) is 1.38. The van der Waals surface area contributed by atoms with Gasteiger partial charge in [-0.2, -0.15) is 5.26 Å². The van der Waals surface area contributed by atoms with Crippen LogP contribution in [0, 0.1) is 21.4 Å². The molecule has 0 aliphatic carbocycles. The minimum absolute atomic E-state index is 0.0447. The number of amides is 1. The average molecular weight is 464 g/mol. The minimum Gasteiger partial charge on any atom is -0.496 e. The number of rotatable bonds is 8. The summed E-state index contributed by atoms with van der Waals surface area (Å²) in [6, 6.07) is 19.9. The van der Waals surface area contributed by atoms with Gasteiger partial charge in [0.25, 0.3) is 11.6 Å². The van der Waals surface area contributed by atoms with E-state index in [1.54, 1.807) is 30.3 Å². The first-order chi connectivity index (χ1) is 15.9. The monoisotopic (exact) mass is 463 g/mol. The van der Waals surface area contributed by atoms with E-state index in [2.05, 4.69) is 5.32 Å². The van der Waals surface area contributed by atoms with Gasteiger partial charge in [-0.25, -0.2) is 0 Å². The first kappa shape index (κ1) is 23.3. The third kappa shape index (κ3) is 6.32. The highest BCUT2D eigenvalue weighted by Crippen LogP contribution is 2.29. The van der Waals surface area contributed by atoms with Crippen LogP contribution in [0.15, 0.2) is 72.3 Å². The molecule has 0 aromatic heterocycles. The molecule has 0 saturated heterocycles. The van der Waals surface area contributed by atoms with Crippen molar-refractivity contribution in [1.29, 1.82) is 5.26 Å². The van der Waals surface area contributed by atoms with Gasteiger partial charge in [-0.3, -0.25) is 14.9 Å². The van der Waals surface area contributed by atoms with E-state index in [4.69, 9.17) is 21.1 Å². The fourth-order valence-electron chi connectivity index (χ4n) is 2.85. The zero-order chi connectivity index (χ0) is 23.8. The summed E-state index contributed by atoms with van der Waals surface area (Å²) >= 11 is 5.96. The van der Waals surface area contributed by atoms with Crippen LogP contribution in [-0.4, -0.2) is 17.9 Å². The third-order valence-electron chi connectivity index (χ3n) is 4.50. The van der Waals surface area contributed by atoms with E-state index in [9.17, 15) is 20.2 Å². The number of nitro groups is 1. The lowest BCUT2D eigenvalue weighted by molar-refractivity contribution is -0.384. The molecule has 9 heteroatoms. The maximum Gasteiger partial charge on any atom is 0.296 e. The molecule has 0 radical (unpaired) electrons. The van der Waals surface area contributed by atoms with Gasteiger partial charge in [-0.05, 0) is 53.6 Å². The van der Waals surface area contributed by atoms with Crippen LogP contribution in [0.3, 0.4) is 0 Å². The summed E-state index contributed by atoms with van der Waals surface area (Å²) in [7, 11) is 1.38. The Kier molecular flexibility index (Phi) is 7.63. The normalized spacial score (nSPS) is 10.8. The molecule has 3 aromatic carbocycles. The quantitative estimate of drug-likeness (QED) is 0.207. The Morgan fingerprint density at radius 1 is 1.15 bits per heavy atom. The summed E-state index contributed by atoms with van der Waals surface area (Å²) in [4.78, 5) is 23.2. The number of nitriles is 1. The SMILES string of the molecule is COc1ccc(NC(=O)/C(C#N)=C/c2ccc(OCc3cccc(Cl)c3)cc2)c([N+](=O)[O-])c1. The Morgan fingerprint density at radius 3 is 2.52 bits per heavy atom. The van der Waals surface area contributed by atoms with Gasteiger partial charge in [-0.1, -0.05) is 35.9 Å². The second kappa shape index (κ2) is 10.8. The maximum absolute atomic E-state index is 12.5. The second-order valence-corrected chi connectivity index (χ2v) is 7.19. The van der Waals surface area contributed by atoms with E-state index in [1.165, 1.54) is 31.4 Å². The Bertz CT molecular complexity index is 1250. The Labute approximate surface area is 194 Å². The highest BCUT2D eigenvalue weighted by molar-refractivity contribution is 6.30. The largest absolute Gasteiger partial charge is 0.496 e. The van der Waals surface area contributed by atoms with Crippen molar-refractivity contribution in [3.8, 4) is 17.6 Å². The molecule has 0 aliphatic heterocycles. The Balaban J connectivity index is 1.70. The number of hydrogen-bond donors (Lipinski definition) is 1. The Morgan fingerprint density at radius 2 is 1.88 bits per heavy atom. The maximum atomic E-state index is 12.5. The number of carbonyl (C=O) groups is 1. The molecule has 0 unspecified atom stereocenters. The van der Waals surface area contributed by atoms with Crippen molar-refractivity contribution >= 4 is 35.0 Å². The molecule has 33 heavy (non-hydrogen) atoms. The van der Waals surface area contributed by atoms with E-state index in [0.717, 1.165) is 5.56 Å². The van der Waals surface area contributed by atoms with Crippen molar-refractivity contribution in [3.05, 3.63) is 98.6 Å². The molecule has 0 bridgehead atoms. The molecular formula is C24H18ClN3O5. The third-order valence-corrected chi connectivity index (χ3v) is 4.74. The van der Waals surface area contributed by atoms with E-state index < -0.39 is 10.8 Å². The van der Waals surface area contributed by atoms with Crippen LogP contribution in [-0.2, 0) is 11.4 Å². The molecular weight excluding hydrogens is 446 g/mol. The van der Waals surface area contributed by atoms with Gasteiger partial charge in [0.2, 0.25) is 0 Å². The second-order valence-electron chi connectivity index (χ2n) is 6.75. The number of hydrogen-bond acceptors (Lipinski definition) is 6. The average Bonchev–Trinajstić information content (AvgIpc) is 2.82. The van der Waals surface area contributed by atoms with Crippen LogP contribution in [0.5, 0.6) is 11.5 Å². The Hall–Kier alpha value is -4.35. The number of carbonyl (C=O) groups excluding carboxylic acids is 1. The number of nitrogens with one attached hydrogen (secondary N) is 1. The molecule has 0 fully saturated rings.